The fraction of sp³-hybridized carbons (Fsp3) is 0.227. The summed E-state index contributed by atoms with van der Waals surface area (Å²) in [6, 6.07) is 15.5. The van der Waals surface area contributed by atoms with E-state index in [-0.39, 0.29) is 5.78 Å². The fourth-order valence-corrected chi connectivity index (χ4v) is 3.42. The van der Waals surface area contributed by atoms with Crippen molar-refractivity contribution >= 4 is 40.5 Å². The SMILES string of the molecule is CCc1ccc(Nc2nc(Nc3ccc(Cl)cc3)nc3c2C(=O)CCC3)cc1. The number of fused-ring (bicyclic) bond motifs is 1. The van der Waals surface area contributed by atoms with Crippen LogP contribution in [0, 0.1) is 0 Å². The molecule has 0 aliphatic heterocycles. The molecule has 0 spiro atoms. The first-order valence-corrected chi connectivity index (χ1v) is 9.83. The van der Waals surface area contributed by atoms with Crippen LogP contribution in [0.2, 0.25) is 5.02 Å². The molecular formula is C22H21ClN4O. The van der Waals surface area contributed by atoms with E-state index >= 15 is 0 Å². The third kappa shape index (κ3) is 3.99. The Kier molecular flexibility index (Phi) is 5.26. The molecule has 0 unspecified atom stereocenters. The normalized spacial score (nSPS) is 13.1. The molecule has 5 nitrogen and oxygen atoms in total. The Bertz CT molecular complexity index is 1000. The molecular weight excluding hydrogens is 372 g/mol. The van der Waals surface area contributed by atoms with Crippen LogP contribution in [0.5, 0.6) is 0 Å². The van der Waals surface area contributed by atoms with E-state index in [4.69, 9.17) is 11.6 Å². The number of carbonyl (C=O) groups excluding carboxylic acids is 1. The van der Waals surface area contributed by atoms with Gasteiger partial charge in [0, 0.05) is 22.8 Å². The molecule has 28 heavy (non-hydrogen) atoms. The van der Waals surface area contributed by atoms with Crippen molar-refractivity contribution < 1.29 is 4.79 Å². The minimum absolute atomic E-state index is 0.0898. The topological polar surface area (TPSA) is 66.9 Å². The number of aryl methyl sites for hydroxylation is 2. The molecule has 1 aromatic heterocycles. The number of nitrogens with one attached hydrogen (secondary N) is 2. The van der Waals surface area contributed by atoms with Gasteiger partial charge in [-0.25, -0.2) is 4.98 Å². The van der Waals surface area contributed by atoms with Crippen LogP contribution >= 0.6 is 11.6 Å². The Morgan fingerprint density at radius 1 is 0.929 bits per heavy atom. The molecule has 6 heteroatoms. The molecule has 0 radical (unpaired) electrons. The monoisotopic (exact) mass is 392 g/mol. The molecule has 0 fully saturated rings. The summed E-state index contributed by atoms with van der Waals surface area (Å²) in [5.41, 5.74) is 4.39. The minimum atomic E-state index is 0.0898. The summed E-state index contributed by atoms with van der Waals surface area (Å²) < 4.78 is 0. The summed E-state index contributed by atoms with van der Waals surface area (Å²) in [5, 5.41) is 7.19. The van der Waals surface area contributed by atoms with Crippen LogP contribution < -0.4 is 10.6 Å². The number of ketones is 1. The maximum Gasteiger partial charge on any atom is 0.229 e. The molecule has 0 bridgehead atoms. The van der Waals surface area contributed by atoms with Crippen LogP contribution in [0.15, 0.2) is 48.5 Å². The lowest BCUT2D eigenvalue weighted by molar-refractivity contribution is 0.0972. The second-order valence-corrected chi connectivity index (χ2v) is 7.24. The number of aromatic nitrogens is 2. The van der Waals surface area contributed by atoms with E-state index in [0.717, 1.165) is 36.3 Å². The number of hydrogen-bond donors (Lipinski definition) is 2. The average molecular weight is 393 g/mol. The third-order valence-corrected chi connectivity index (χ3v) is 5.06. The predicted molar refractivity (Wildman–Crippen MR) is 113 cm³/mol. The number of hydrogen-bond acceptors (Lipinski definition) is 5. The quantitative estimate of drug-likeness (QED) is 0.583. The molecule has 2 N–H and O–H groups in total. The highest BCUT2D eigenvalue weighted by Gasteiger charge is 2.24. The summed E-state index contributed by atoms with van der Waals surface area (Å²) in [5.74, 6) is 1.10. The van der Waals surface area contributed by atoms with Gasteiger partial charge in [-0.1, -0.05) is 30.7 Å². The molecule has 2 aromatic carbocycles. The Morgan fingerprint density at radius 3 is 2.32 bits per heavy atom. The highest BCUT2D eigenvalue weighted by Crippen LogP contribution is 2.30. The smallest absolute Gasteiger partial charge is 0.229 e. The molecule has 0 saturated heterocycles. The van der Waals surface area contributed by atoms with Gasteiger partial charge in [0.2, 0.25) is 5.95 Å². The number of Topliss-reactive ketones (excluding diaryl/α,β-unsaturated/α-hetero) is 1. The van der Waals surface area contributed by atoms with E-state index in [1.807, 2.05) is 24.3 Å². The van der Waals surface area contributed by atoms with Gasteiger partial charge in [0.25, 0.3) is 0 Å². The summed E-state index contributed by atoms with van der Waals surface area (Å²) >= 11 is 5.96. The van der Waals surface area contributed by atoms with Gasteiger partial charge < -0.3 is 10.6 Å². The van der Waals surface area contributed by atoms with Crippen molar-refractivity contribution in [3.05, 3.63) is 70.4 Å². The summed E-state index contributed by atoms with van der Waals surface area (Å²) in [6.45, 7) is 2.12. The molecule has 0 atom stereocenters. The summed E-state index contributed by atoms with van der Waals surface area (Å²) in [7, 11) is 0. The Labute approximate surface area is 169 Å². The van der Waals surface area contributed by atoms with E-state index in [9.17, 15) is 4.79 Å². The van der Waals surface area contributed by atoms with Gasteiger partial charge in [0.05, 0.1) is 11.3 Å². The van der Waals surface area contributed by atoms with Crippen LogP contribution in [0.25, 0.3) is 0 Å². The Balaban J connectivity index is 1.69. The minimum Gasteiger partial charge on any atom is -0.339 e. The van der Waals surface area contributed by atoms with Crippen LogP contribution in [0.1, 0.15) is 41.4 Å². The van der Waals surface area contributed by atoms with Crippen molar-refractivity contribution in [2.45, 2.75) is 32.6 Å². The number of rotatable bonds is 5. The molecule has 1 aliphatic carbocycles. The predicted octanol–water partition coefficient (Wildman–Crippen LogP) is 5.70. The molecule has 4 rings (SSSR count). The largest absolute Gasteiger partial charge is 0.339 e. The van der Waals surface area contributed by atoms with Gasteiger partial charge in [0.15, 0.2) is 5.78 Å². The van der Waals surface area contributed by atoms with Crippen molar-refractivity contribution in [1.82, 2.24) is 9.97 Å². The molecule has 0 saturated carbocycles. The van der Waals surface area contributed by atoms with Crippen molar-refractivity contribution in [1.29, 1.82) is 0 Å². The Hall–Kier alpha value is -2.92. The maximum absolute atomic E-state index is 12.5. The van der Waals surface area contributed by atoms with Crippen LogP contribution in [-0.2, 0) is 12.8 Å². The van der Waals surface area contributed by atoms with Crippen LogP contribution in [0.4, 0.5) is 23.1 Å². The van der Waals surface area contributed by atoms with Gasteiger partial charge in [-0.05, 0) is 61.2 Å². The van der Waals surface area contributed by atoms with E-state index in [1.165, 1.54) is 5.56 Å². The van der Waals surface area contributed by atoms with Crippen molar-refractivity contribution in [2.75, 3.05) is 10.6 Å². The van der Waals surface area contributed by atoms with E-state index in [1.54, 1.807) is 12.1 Å². The van der Waals surface area contributed by atoms with Crippen LogP contribution in [0.3, 0.4) is 0 Å². The number of halogens is 1. The zero-order valence-electron chi connectivity index (χ0n) is 15.6. The highest BCUT2D eigenvalue weighted by molar-refractivity contribution is 6.30. The zero-order valence-corrected chi connectivity index (χ0v) is 16.4. The highest BCUT2D eigenvalue weighted by atomic mass is 35.5. The van der Waals surface area contributed by atoms with Crippen LogP contribution in [-0.4, -0.2) is 15.8 Å². The summed E-state index contributed by atoms with van der Waals surface area (Å²) in [4.78, 5) is 21.7. The standard InChI is InChI=1S/C22H21ClN4O/c1-2-14-6-10-16(11-7-14)24-21-20-18(4-3-5-19(20)28)26-22(27-21)25-17-12-8-15(23)9-13-17/h6-13H,2-5H2,1H3,(H2,24,25,26,27). The molecule has 1 aliphatic rings. The van der Waals surface area contributed by atoms with Gasteiger partial charge in [0.1, 0.15) is 5.82 Å². The van der Waals surface area contributed by atoms with Crippen molar-refractivity contribution in [3.8, 4) is 0 Å². The van der Waals surface area contributed by atoms with E-state index < -0.39 is 0 Å². The van der Waals surface area contributed by atoms with Crippen molar-refractivity contribution in [3.63, 3.8) is 0 Å². The van der Waals surface area contributed by atoms with Gasteiger partial charge in [-0.15, -0.1) is 0 Å². The lowest BCUT2D eigenvalue weighted by Crippen LogP contribution is -2.17. The van der Waals surface area contributed by atoms with Crippen molar-refractivity contribution in [2.24, 2.45) is 0 Å². The van der Waals surface area contributed by atoms with Gasteiger partial charge in [-0.3, -0.25) is 4.79 Å². The second-order valence-electron chi connectivity index (χ2n) is 6.80. The zero-order chi connectivity index (χ0) is 19.5. The number of nitrogens with zero attached hydrogens (tertiary/aromatic N) is 2. The number of benzene rings is 2. The summed E-state index contributed by atoms with van der Waals surface area (Å²) in [6.07, 6.45) is 3.09. The lowest BCUT2D eigenvalue weighted by Gasteiger charge is -2.19. The van der Waals surface area contributed by atoms with Gasteiger partial charge >= 0.3 is 0 Å². The average Bonchev–Trinajstić information content (AvgIpc) is 2.70. The number of anilines is 4. The molecule has 0 amide bonds. The first kappa shape index (κ1) is 18.4. The van der Waals surface area contributed by atoms with Gasteiger partial charge in [-0.2, -0.15) is 4.98 Å². The lowest BCUT2D eigenvalue weighted by atomic mass is 9.95. The third-order valence-electron chi connectivity index (χ3n) is 4.81. The number of carbonyl (C=O) groups is 1. The van der Waals surface area contributed by atoms with E-state index in [0.29, 0.717) is 28.8 Å². The first-order valence-electron chi connectivity index (χ1n) is 9.45. The first-order chi connectivity index (χ1) is 13.6. The molecule has 1 heterocycles. The fourth-order valence-electron chi connectivity index (χ4n) is 3.29. The Morgan fingerprint density at radius 2 is 1.61 bits per heavy atom. The second kappa shape index (κ2) is 7.98. The maximum atomic E-state index is 12.5. The van der Waals surface area contributed by atoms with E-state index in [2.05, 4.69) is 39.7 Å². The molecule has 142 valence electrons. The molecule has 3 aromatic rings.